The molecule has 0 radical (unpaired) electrons. The third-order valence-corrected chi connectivity index (χ3v) is 5.37. The third kappa shape index (κ3) is 3.55. The Morgan fingerprint density at radius 1 is 1.06 bits per heavy atom. The van der Waals surface area contributed by atoms with Gasteiger partial charge in [-0.15, -0.1) is 0 Å². The van der Waals surface area contributed by atoms with E-state index in [1.807, 2.05) is 22.9 Å². The van der Waals surface area contributed by atoms with Crippen molar-refractivity contribution < 1.29 is 22.3 Å². The maximum atomic E-state index is 14.1. The number of ether oxygens (including phenoxy) is 1. The van der Waals surface area contributed by atoms with Gasteiger partial charge in [0.2, 0.25) is 5.88 Å². The highest BCUT2D eigenvalue weighted by atomic mass is 19.4. The number of benzene rings is 1. The molecular formula is C22H16F4N6O. The maximum Gasteiger partial charge on any atom is 0.419 e. The first-order valence-corrected chi connectivity index (χ1v) is 9.81. The van der Waals surface area contributed by atoms with Crippen molar-refractivity contribution in [2.75, 3.05) is 7.11 Å². The van der Waals surface area contributed by atoms with Crippen molar-refractivity contribution in [2.45, 2.75) is 19.6 Å². The van der Waals surface area contributed by atoms with Crippen LogP contribution in [0.25, 0.3) is 27.9 Å². The molecule has 4 heterocycles. The molecule has 0 saturated carbocycles. The van der Waals surface area contributed by atoms with E-state index in [0.717, 1.165) is 12.1 Å². The molecule has 0 atom stereocenters. The molecule has 33 heavy (non-hydrogen) atoms. The van der Waals surface area contributed by atoms with Gasteiger partial charge in [0.15, 0.2) is 5.65 Å². The minimum absolute atomic E-state index is 0.126. The first-order chi connectivity index (χ1) is 15.8. The normalized spacial score (nSPS) is 12.1. The van der Waals surface area contributed by atoms with E-state index >= 15 is 0 Å². The highest BCUT2D eigenvalue weighted by Gasteiger charge is 2.33. The predicted octanol–water partition coefficient (Wildman–Crippen LogP) is 4.69. The number of pyridine rings is 1. The molecule has 0 N–H and O–H groups in total. The predicted molar refractivity (Wildman–Crippen MR) is 112 cm³/mol. The first-order valence-electron chi connectivity index (χ1n) is 9.81. The number of halogens is 4. The van der Waals surface area contributed by atoms with Crippen molar-refractivity contribution in [3.05, 3.63) is 71.8 Å². The van der Waals surface area contributed by atoms with E-state index in [2.05, 4.69) is 19.9 Å². The largest absolute Gasteiger partial charge is 0.479 e. The van der Waals surface area contributed by atoms with Crippen LogP contribution in [0.2, 0.25) is 0 Å². The summed E-state index contributed by atoms with van der Waals surface area (Å²) in [5, 5.41) is 0. The number of hydrogen-bond acceptors (Lipinski definition) is 5. The number of alkyl halides is 3. The van der Waals surface area contributed by atoms with Gasteiger partial charge in [-0.1, -0.05) is 6.07 Å². The van der Waals surface area contributed by atoms with Crippen molar-refractivity contribution >= 4 is 22.2 Å². The minimum Gasteiger partial charge on any atom is -0.479 e. The van der Waals surface area contributed by atoms with Gasteiger partial charge in [0.05, 0.1) is 35.6 Å². The number of imidazole rings is 1. The lowest BCUT2D eigenvalue weighted by Crippen LogP contribution is -2.09. The standard InChI is InChI=1S/C22H16F4N6O/c1-12-30-20-18(32(12)10-13-3-4-15(16(23)7-13)22(24,25)26)8-14(9-27-20)31-6-5-17-19(31)21(33-2)29-11-28-17/h3-9,11H,10H2,1-2H3. The first kappa shape index (κ1) is 20.9. The zero-order valence-electron chi connectivity index (χ0n) is 17.4. The molecule has 5 rings (SSSR count). The van der Waals surface area contributed by atoms with Crippen molar-refractivity contribution in [1.82, 2.24) is 29.1 Å². The average molecular weight is 456 g/mol. The summed E-state index contributed by atoms with van der Waals surface area (Å²) in [5.41, 5.74) is 2.21. The summed E-state index contributed by atoms with van der Waals surface area (Å²) in [6.45, 7) is 1.88. The summed E-state index contributed by atoms with van der Waals surface area (Å²) >= 11 is 0. The molecule has 0 aliphatic rings. The van der Waals surface area contributed by atoms with E-state index in [4.69, 9.17) is 4.74 Å². The second-order valence-corrected chi connectivity index (χ2v) is 7.40. The molecule has 168 valence electrons. The van der Waals surface area contributed by atoms with Crippen LogP contribution in [0.5, 0.6) is 5.88 Å². The molecule has 0 aliphatic carbocycles. The third-order valence-electron chi connectivity index (χ3n) is 5.37. The molecule has 7 nitrogen and oxygen atoms in total. The Morgan fingerprint density at radius 2 is 1.88 bits per heavy atom. The Balaban J connectivity index is 1.59. The van der Waals surface area contributed by atoms with Gasteiger partial charge >= 0.3 is 6.18 Å². The van der Waals surface area contributed by atoms with Crippen molar-refractivity contribution in [1.29, 1.82) is 0 Å². The number of methoxy groups -OCH3 is 1. The SMILES string of the molecule is COc1ncnc2ccn(-c3cnc4nc(C)n(Cc5ccc(C(F)(F)F)c(F)c5)c4c3)c12. The lowest BCUT2D eigenvalue weighted by atomic mass is 10.1. The van der Waals surface area contributed by atoms with Crippen LogP contribution in [0.4, 0.5) is 17.6 Å². The highest BCUT2D eigenvalue weighted by Crippen LogP contribution is 2.32. The Hall–Kier alpha value is -4.02. The second kappa shape index (κ2) is 7.54. The fraction of sp³-hybridized carbons (Fsp3) is 0.182. The molecule has 0 saturated heterocycles. The summed E-state index contributed by atoms with van der Waals surface area (Å²) in [7, 11) is 1.52. The number of hydrogen-bond donors (Lipinski definition) is 0. The summed E-state index contributed by atoms with van der Waals surface area (Å²) in [6, 6.07) is 6.57. The summed E-state index contributed by atoms with van der Waals surface area (Å²) in [5.74, 6) is -0.324. The summed E-state index contributed by atoms with van der Waals surface area (Å²) in [6.07, 6.45) is 0.115. The lowest BCUT2D eigenvalue weighted by Gasteiger charge is -2.12. The molecule has 1 aromatic carbocycles. The number of aryl methyl sites for hydroxylation is 1. The van der Waals surface area contributed by atoms with Crippen LogP contribution >= 0.6 is 0 Å². The topological polar surface area (TPSA) is 70.7 Å². The summed E-state index contributed by atoms with van der Waals surface area (Å²) in [4.78, 5) is 17.2. The van der Waals surface area contributed by atoms with Gasteiger partial charge < -0.3 is 13.9 Å². The Labute approximate surface area is 184 Å². The molecule has 5 aromatic rings. The van der Waals surface area contributed by atoms with Crippen LogP contribution in [0.1, 0.15) is 17.0 Å². The maximum absolute atomic E-state index is 14.1. The van der Waals surface area contributed by atoms with Gasteiger partial charge in [0.25, 0.3) is 0 Å². The molecule has 0 spiro atoms. The van der Waals surface area contributed by atoms with Crippen LogP contribution in [0.15, 0.2) is 49.1 Å². The smallest absolute Gasteiger partial charge is 0.419 e. The molecule has 0 aliphatic heterocycles. The van der Waals surface area contributed by atoms with Crippen LogP contribution in [-0.4, -0.2) is 36.2 Å². The van der Waals surface area contributed by atoms with Gasteiger partial charge in [-0.3, -0.25) is 0 Å². The van der Waals surface area contributed by atoms with E-state index in [0.29, 0.717) is 45.2 Å². The van der Waals surface area contributed by atoms with Gasteiger partial charge in [0.1, 0.15) is 23.5 Å². The van der Waals surface area contributed by atoms with Crippen molar-refractivity contribution in [3.8, 4) is 11.6 Å². The van der Waals surface area contributed by atoms with Crippen LogP contribution in [0.3, 0.4) is 0 Å². The zero-order chi connectivity index (χ0) is 23.3. The van der Waals surface area contributed by atoms with Crippen molar-refractivity contribution in [2.24, 2.45) is 0 Å². The number of aromatic nitrogens is 6. The molecule has 0 amide bonds. The lowest BCUT2D eigenvalue weighted by molar-refractivity contribution is -0.140. The van der Waals surface area contributed by atoms with Gasteiger partial charge in [-0.05, 0) is 36.8 Å². The quantitative estimate of drug-likeness (QED) is 0.367. The number of rotatable bonds is 4. The Bertz CT molecular complexity index is 1500. The molecule has 0 bridgehead atoms. The highest BCUT2D eigenvalue weighted by molar-refractivity contribution is 5.83. The van der Waals surface area contributed by atoms with E-state index in [9.17, 15) is 17.6 Å². The van der Waals surface area contributed by atoms with Crippen LogP contribution in [0, 0.1) is 12.7 Å². The van der Waals surface area contributed by atoms with Crippen LogP contribution in [-0.2, 0) is 12.7 Å². The number of nitrogens with zero attached hydrogens (tertiary/aromatic N) is 6. The van der Waals surface area contributed by atoms with E-state index in [1.165, 1.54) is 19.5 Å². The molecule has 11 heteroatoms. The molecule has 4 aromatic heterocycles. The van der Waals surface area contributed by atoms with Crippen LogP contribution < -0.4 is 4.74 Å². The van der Waals surface area contributed by atoms with E-state index in [1.54, 1.807) is 17.7 Å². The fourth-order valence-electron chi connectivity index (χ4n) is 3.82. The van der Waals surface area contributed by atoms with Gasteiger partial charge in [-0.25, -0.2) is 19.3 Å². The Morgan fingerprint density at radius 3 is 2.61 bits per heavy atom. The van der Waals surface area contributed by atoms with Gasteiger partial charge in [0, 0.05) is 12.7 Å². The zero-order valence-corrected chi connectivity index (χ0v) is 17.4. The second-order valence-electron chi connectivity index (χ2n) is 7.40. The average Bonchev–Trinajstić information content (AvgIpc) is 3.33. The molecule has 0 unspecified atom stereocenters. The van der Waals surface area contributed by atoms with Gasteiger partial charge in [-0.2, -0.15) is 18.2 Å². The summed E-state index contributed by atoms with van der Waals surface area (Å²) < 4.78 is 61.7. The van der Waals surface area contributed by atoms with Crippen molar-refractivity contribution in [3.63, 3.8) is 0 Å². The Kier molecular flexibility index (Phi) is 4.76. The number of fused-ring (bicyclic) bond motifs is 2. The van der Waals surface area contributed by atoms with E-state index < -0.39 is 17.6 Å². The molecular weight excluding hydrogens is 440 g/mol. The monoisotopic (exact) mass is 456 g/mol. The minimum atomic E-state index is -4.75. The van der Waals surface area contributed by atoms with E-state index in [-0.39, 0.29) is 6.54 Å². The fourth-order valence-corrected chi connectivity index (χ4v) is 3.82. The molecule has 0 fully saturated rings.